The highest BCUT2D eigenvalue weighted by Crippen LogP contribution is 2.34. The van der Waals surface area contributed by atoms with Crippen molar-refractivity contribution in [2.75, 3.05) is 4.72 Å². The smallest absolute Gasteiger partial charge is 0.316 e. The molecule has 0 saturated heterocycles. The molecule has 5 nitrogen and oxygen atoms in total. The van der Waals surface area contributed by atoms with Crippen LogP contribution in [-0.2, 0) is 17.9 Å². The molecule has 0 aliphatic rings. The van der Waals surface area contributed by atoms with E-state index in [0.29, 0.717) is 17.0 Å². The van der Waals surface area contributed by atoms with Crippen molar-refractivity contribution >= 4 is 40.2 Å². The zero-order chi connectivity index (χ0) is 16.3. The maximum atomic E-state index is 12.0. The molecule has 0 aromatic heterocycles. The lowest BCUT2D eigenvalue weighted by atomic mass is 10.1. The lowest BCUT2D eigenvalue weighted by Crippen LogP contribution is -2.12. The van der Waals surface area contributed by atoms with Crippen LogP contribution in [0.2, 0.25) is 10.0 Å². The molecule has 0 amide bonds. The van der Waals surface area contributed by atoms with Gasteiger partial charge in [0, 0.05) is 5.56 Å². The summed E-state index contributed by atoms with van der Waals surface area (Å²) >= 11 is 9.64. The molecule has 3 N–H and O–H groups in total. The van der Waals surface area contributed by atoms with Gasteiger partial charge in [0.1, 0.15) is 5.75 Å². The Kier molecular flexibility index (Phi) is 5.52. The van der Waals surface area contributed by atoms with Crippen LogP contribution in [0.4, 0.5) is 5.69 Å². The van der Waals surface area contributed by atoms with Gasteiger partial charge in [-0.2, -0.15) is 4.21 Å². The van der Waals surface area contributed by atoms with Crippen molar-refractivity contribution in [2.45, 2.75) is 13.5 Å². The van der Waals surface area contributed by atoms with E-state index in [-0.39, 0.29) is 22.4 Å². The lowest BCUT2D eigenvalue weighted by molar-refractivity contribution is 0.279. The summed E-state index contributed by atoms with van der Waals surface area (Å²) in [5.41, 5.74) is 1.74. The van der Waals surface area contributed by atoms with Gasteiger partial charge in [-0.3, -0.25) is 4.72 Å². The molecule has 1 unspecified atom stereocenters. The van der Waals surface area contributed by atoms with E-state index in [1.165, 1.54) is 12.1 Å². The molecule has 1 atom stereocenters. The van der Waals surface area contributed by atoms with Crippen LogP contribution in [-0.4, -0.2) is 14.4 Å². The summed E-state index contributed by atoms with van der Waals surface area (Å²) in [6, 6.07) is 7.91. The molecule has 0 bridgehead atoms. The summed E-state index contributed by atoms with van der Waals surface area (Å²) in [6.45, 7) is 1.62. The van der Waals surface area contributed by atoms with Crippen molar-refractivity contribution in [3.8, 4) is 11.5 Å². The van der Waals surface area contributed by atoms with Gasteiger partial charge in [-0.25, -0.2) is 0 Å². The number of halogens is 2. The Hall–Kier alpha value is -1.47. The zero-order valence-electron chi connectivity index (χ0n) is 11.5. The maximum Gasteiger partial charge on any atom is 0.316 e. The van der Waals surface area contributed by atoms with Crippen molar-refractivity contribution in [1.82, 2.24) is 0 Å². The minimum absolute atomic E-state index is 0.0265. The van der Waals surface area contributed by atoms with E-state index in [1.807, 2.05) is 13.0 Å². The first-order valence-corrected chi connectivity index (χ1v) is 7.99. The summed E-state index contributed by atoms with van der Waals surface area (Å²) in [5.74, 6) is 0.0612. The lowest BCUT2D eigenvalue weighted by Gasteiger charge is -2.11. The van der Waals surface area contributed by atoms with Gasteiger partial charge < -0.3 is 14.4 Å². The fourth-order valence-corrected chi connectivity index (χ4v) is 2.85. The molecule has 0 saturated carbocycles. The summed E-state index contributed by atoms with van der Waals surface area (Å²) in [7, 11) is 0. The monoisotopic (exact) mass is 361 g/mol. The van der Waals surface area contributed by atoms with Gasteiger partial charge in [0.25, 0.3) is 0 Å². The number of hydrogen-bond acceptors (Lipinski definition) is 4. The Morgan fingerprint density at radius 2 is 1.86 bits per heavy atom. The summed E-state index contributed by atoms with van der Waals surface area (Å²) in [4.78, 5) is 0. The molecular weight excluding hydrogens is 349 g/mol. The van der Waals surface area contributed by atoms with E-state index in [9.17, 15) is 14.4 Å². The molecule has 118 valence electrons. The third-order valence-electron chi connectivity index (χ3n) is 2.78. The Balaban J connectivity index is 2.15. The molecule has 2 rings (SSSR count). The molecule has 0 fully saturated rings. The number of rotatable bonds is 5. The van der Waals surface area contributed by atoms with E-state index in [0.717, 1.165) is 5.56 Å². The summed E-state index contributed by atoms with van der Waals surface area (Å²) in [5, 5.41) is 18.8. The van der Waals surface area contributed by atoms with Gasteiger partial charge >= 0.3 is 11.3 Å². The molecule has 2 aromatic carbocycles. The van der Waals surface area contributed by atoms with Crippen LogP contribution in [0.1, 0.15) is 11.1 Å². The standard InChI is InChI=1S/C14H13Cl2NO4S/c1-8-2-3-9(7-18)13(4-8)21-22(20)17-10-5-11(15)14(19)12(16)6-10/h2-6,17-19H,7H2,1H3. The minimum Gasteiger partial charge on any atom is -0.505 e. The first kappa shape index (κ1) is 16.9. The normalized spacial score (nSPS) is 12.0. The first-order chi connectivity index (χ1) is 10.4. The van der Waals surface area contributed by atoms with Crippen molar-refractivity contribution in [2.24, 2.45) is 0 Å². The van der Waals surface area contributed by atoms with Crippen LogP contribution >= 0.6 is 23.2 Å². The van der Waals surface area contributed by atoms with Crippen molar-refractivity contribution in [3.63, 3.8) is 0 Å². The van der Waals surface area contributed by atoms with Crippen LogP contribution in [0.25, 0.3) is 0 Å². The molecular formula is C14H13Cl2NO4S. The number of nitrogens with one attached hydrogen (secondary N) is 1. The second-order valence-corrected chi connectivity index (χ2v) is 6.13. The molecule has 2 aromatic rings. The van der Waals surface area contributed by atoms with Gasteiger partial charge in [0.15, 0.2) is 5.75 Å². The van der Waals surface area contributed by atoms with Gasteiger partial charge in [-0.15, -0.1) is 0 Å². The number of phenolic OH excluding ortho intramolecular Hbond substituents is 1. The molecule has 0 heterocycles. The maximum absolute atomic E-state index is 12.0. The van der Waals surface area contributed by atoms with Gasteiger partial charge in [0.2, 0.25) is 0 Å². The Labute approximate surface area is 140 Å². The van der Waals surface area contributed by atoms with Gasteiger partial charge in [-0.1, -0.05) is 35.3 Å². The van der Waals surface area contributed by atoms with Crippen LogP contribution in [0.5, 0.6) is 11.5 Å². The van der Waals surface area contributed by atoms with Crippen LogP contribution in [0.15, 0.2) is 30.3 Å². The molecule has 0 aliphatic carbocycles. The van der Waals surface area contributed by atoms with Crippen LogP contribution in [0, 0.1) is 6.92 Å². The van der Waals surface area contributed by atoms with E-state index in [4.69, 9.17) is 27.4 Å². The van der Waals surface area contributed by atoms with Gasteiger partial charge in [0.05, 0.1) is 22.3 Å². The van der Waals surface area contributed by atoms with Crippen molar-refractivity contribution in [1.29, 1.82) is 0 Å². The van der Waals surface area contributed by atoms with Crippen molar-refractivity contribution in [3.05, 3.63) is 51.5 Å². The third kappa shape index (κ3) is 4.04. The highest BCUT2D eigenvalue weighted by molar-refractivity contribution is 7.82. The molecule has 0 spiro atoms. The number of phenols is 1. The highest BCUT2D eigenvalue weighted by Gasteiger charge is 2.11. The second-order valence-electron chi connectivity index (χ2n) is 4.48. The largest absolute Gasteiger partial charge is 0.505 e. The number of benzene rings is 2. The average molecular weight is 362 g/mol. The minimum atomic E-state index is -1.93. The molecule has 0 aliphatic heterocycles. The molecule has 8 heteroatoms. The summed E-state index contributed by atoms with van der Waals surface area (Å²) in [6.07, 6.45) is 0. The predicted molar refractivity (Wildman–Crippen MR) is 87.6 cm³/mol. The van der Waals surface area contributed by atoms with Crippen molar-refractivity contribution < 1.29 is 18.6 Å². The Bertz CT molecular complexity index is 701. The second kappa shape index (κ2) is 7.19. The predicted octanol–water partition coefficient (Wildman–Crippen LogP) is 3.57. The SMILES string of the molecule is Cc1ccc(CO)c(OS(=O)Nc2cc(Cl)c(O)c(Cl)c2)c1. The number of aromatic hydroxyl groups is 1. The van der Waals surface area contributed by atoms with Crippen LogP contribution in [0.3, 0.4) is 0 Å². The fourth-order valence-electron chi connectivity index (χ4n) is 1.69. The quantitative estimate of drug-likeness (QED) is 0.711. The Morgan fingerprint density at radius 1 is 1.23 bits per heavy atom. The number of anilines is 1. The van der Waals surface area contributed by atoms with Crippen LogP contribution < -0.4 is 8.91 Å². The average Bonchev–Trinajstić information content (AvgIpc) is 2.44. The number of aliphatic hydroxyl groups is 1. The molecule has 22 heavy (non-hydrogen) atoms. The van der Waals surface area contributed by atoms with E-state index < -0.39 is 11.3 Å². The zero-order valence-corrected chi connectivity index (χ0v) is 13.8. The number of aliphatic hydroxyl groups excluding tert-OH is 1. The topological polar surface area (TPSA) is 78.8 Å². The van der Waals surface area contributed by atoms with E-state index >= 15 is 0 Å². The van der Waals surface area contributed by atoms with Gasteiger partial charge in [-0.05, 0) is 30.7 Å². The van der Waals surface area contributed by atoms with E-state index in [1.54, 1.807) is 12.1 Å². The molecule has 0 radical (unpaired) electrons. The highest BCUT2D eigenvalue weighted by atomic mass is 35.5. The number of hydrogen-bond donors (Lipinski definition) is 3. The fraction of sp³-hybridized carbons (Fsp3) is 0.143. The first-order valence-electron chi connectivity index (χ1n) is 6.16. The van der Waals surface area contributed by atoms with E-state index in [2.05, 4.69) is 4.72 Å². The number of aryl methyl sites for hydroxylation is 1. The summed E-state index contributed by atoms with van der Waals surface area (Å²) < 4.78 is 19.9. The Morgan fingerprint density at radius 3 is 2.45 bits per heavy atom. The third-order valence-corrected chi connectivity index (χ3v) is 4.09.